The van der Waals surface area contributed by atoms with Crippen LogP contribution in [0.15, 0.2) is 182 Å². The summed E-state index contributed by atoms with van der Waals surface area (Å²) in [5, 5.41) is 0. The molecule has 0 N–H and O–H groups in total. The van der Waals surface area contributed by atoms with E-state index in [-0.39, 0.29) is 24.3 Å². The van der Waals surface area contributed by atoms with Crippen molar-refractivity contribution >= 4 is 0 Å². The lowest BCUT2D eigenvalue weighted by Gasteiger charge is -2.44. The second kappa shape index (κ2) is 18.6. The van der Waals surface area contributed by atoms with Crippen LogP contribution in [0.1, 0.15) is 33.4 Å². The third-order valence-corrected chi connectivity index (χ3v) is 10.2. The van der Waals surface area contributed by atoms with Gasteiger partial charge in [-0.05, 0) is 46.2 Å². The summed E-state index contributed by atoms with van der Waals surface area (Å²) in [6.07, 6.45) is 1.58. The molecule has 0 aliphatic carbocycles. The molecular formula is C48H50N2O2. The van der Waals surface area contributed by atoms with Crippen LogP contribution in [0.25, 0.3) is 0 Å². The lowest BCUT2D eigenvalue weighted by molar-refractivity contribution is -0.176. The zero-order valence-corrected chi connectivity index (χ0v) is 30.0. The number of rotatable bonds is 16. The fourth-order valence-corrected chi connectivity index (χ4v) is 7.53. The van der Waals surface area contributed by atoms with E-state index in [4.69, 9.17) is 9.47 Å². The first-order valence-corrected chi connectivity index (χ1v) is 18.7. The molecule has 0 saturated carbocycles. The molecule has 4 heteroatoms. The van der Waals surface area contributed by atoms with Crippen LogP contribution in [0.4, 0.5) is 0 Å². The molecule has 264 valence electrons. The Hall–Kier alpha value is -4.84. The first kappa shape index (κ1) is 35.6. The first-order valence-electron chi connectivity index (χ1n) is 18.7. The van der Waals surface area contributed by atoms with Crippen LogP contribution in [0.2, 0.25) is 0 Å². The highest BCUT2D eigenvalue weighted by Gasteiger charge is 2.38. The van der Waals surface area contributed by atoms with Gasteiger partial charge in [-0.1, -0.05) is 182 Å². The van der Waals surface area contributed by atoms with Crippen LogP contribution in [0, 0.1) is 0 Å². The fraction of sp³-hybridized carbons (Fsp3) is 0.250. The highest BCUT2D eigenvalue weighted by molar-refractivity contribution is 5.22. The molecular weight excluding hydrogens is 637 g/mol. The number of nitrogens with zero attached hydrogens (tertiary/aromatic N) is 2. The smallest absolute Gasteiger partial charge is 0.0968 e. The van der Waals surface area contributed by atoms with Crippen LogP contribution in [0.3, 0.4) is 0 Å². The lowest BCUT2D eigenvalue weighted by Crippen LogP contribution is -2.55. The molecule has 6 aromatic rings. The molecule has 52 heavy (non-hydrogen) atoms. The fourth-order valence-electron chi connectivity index (χ4n) is 7.53. The van der Waals surface area contributed by atoms with Gasteiger partial charge in [-0.3, -0.25) is 9.80 Å². The van der Waals surface area contributed by atoms with Gasteiger partial charge in [0.2, 0.25) is 0 Å². The van der Waals surface area contributed by atoms with Gasteiger partial charge >= 0.3 is 0 Å². The molecule has 7 rings (SSSR count). The van der Waals surface area contributed by atoms with Gasteiger partial charge in [0.15, 0.2) is 0 Å². The minimum atomic E-state index is -0.0852. The Kier molecular flexibility index (Phi) is 12.7. The summed E-state index contributed by atoms with van der Waals surface area (Å²) in [5.74, 6) is 0. The molecule has 0 unspecified atom stereocenters. The molecule has 1 aliphatic rings. The monoisotopic (exact) mass is 686 g/mol. The molecule has 1 saturated heterocycles. The number of benzene rings is 6. The molecule has 1 fully saturated rings. The van der Waals surface area contributed by atoms with Crippen LogP contribution >= 0.6 is 0 Å². The molecule has 1 heterocycles. The van der Waals surface area contributed by atoms with Crippen molar-refractivity contribution in [3.05, 3.63) is 215 Å². The van der Waals surface area contributed by atoms with E-state index in [2.05, 4.69) is 192 Å². The standard InChI is InChI=1S/C48H50N2O2/c1-7-19-39(20-8-1)31-45(49(33-41-23-11-3-12-24-41)34-42-25-13-4-14-26-42)47-37-52-48(38-51-47)46(32-40-21-9-2-10-22-40)50(35-43-27-15-5-16-28-43)36-44-29-17-6-18-30-44/h1-30,45-48H,31-38H2/t45-,46-,47+,48+/m0/s1. The third-order valence-electron chi connectivity index (χ3n) is 10.2. The first-order chi connectivity index (χ1) is 25.8. The van der Waals surface area contributed by atoms with Crippen molar-refractivity contribution in [2.24, 2.45) is 0 Å². The Morgan fingerprint density at radius 2 is 0.577 bits per heavy atom. The summed E-state index contributed by atoms with van der Waals surface area (Å²) in [5.41, 5.74) is 7.81. The van der Waals surface area contributed by atoms with Gasteiger partial charge < -0.3 is 9.47 Å². The molecule has 4 atom stereocenters. The van der Waals surface area contributed by atoms with Crippen molar-refractivity contribution in [2.45, 2.75) is 63.3 Å². The summed E-state index contributed by atoms with van der Waals surface area (Å²) in [7, 11) is 0. The van der Waals surface area contributed by atoms with E-state index >= 15 is 0 Å². The molecule has 0 aromatic heterocycles. The Morgan fingerprint density at radius 1 is 0.346 bits per heavy atom. The Morgan fingerprint density at radius 3 is 0.808 bits per heavy atom. The van der Waals surface area contributed by atoms with Gasteiger partial charge in [0.05, 0.1) is 25.4 Å². The summed E-state index contributed by atoms with van der Waals surface area (Å²) in [4.78, 5) is 5.20. The minimum Gasteiger partial charge on any atom is -0.371 e. The predicted molar refractivity (Wildman–Crippen MR) is 212 cm³/mol. The second-order valence-electron chi connectivity index (χ2n) is 14.0. The molecule has 0 spiro atoms. The van der Waals surface area contributed by atoms with Crippen LogP contribution in [-0.4, -0.2) is 47.3 Å². The summed E-state index contributed by atoms with van der Waals surface area (Å²) < 4.78 is 14.1. The Bertz CT molecular complexity index is 1630. The maximum Gasteiger partial charge on any atom is 0.0968 e. The van der Waals surface area contributed by atoms with Gasteiger partial charge in [0.1, 0.15) is 0 Å². The van der Waals surface area contributed by atoms with Gasteiger partial charge in [0, 0.05) is 38.3 Å². The average Bonchev–Trinajstić information content (AvgIpc) is 3.21. The van der Waals surface area contributed by atoms with Crippen molar-refractivity contribution in [1.29, 1.82) is 0 Å². The van der Waals surface area contributed by atoms with Crippen LogP contribution in [-0.2, 0) is 48.5 Å². The highest BCUT2D eigenvalue weighted by Crippen LogP contribution is 2.28. The van der Waals surface area contributed by atoms with E-state index in [0.29, 0.717) is 13.2 Å². The van der Waals surface area contributed by atoms with Crippen LogP contribution < -0.4 is 0 Å². The van der Waals surface area contributed by atoms with Gasteiger partial charge in [-0.25, -0.2) is 0 Å². The largest absolute Gasteiger partial charge is 0.371 e. The van der Waals surface area contributed by atoms with E-state index in [9.17, 15) is 0 Å². The lowest BCUT2D eigenvalue weighted by atomic mass is 9.95. The van der Waals surface area contributed by atoms with Gasteiger partial charge in [-0.15, -0.1) is 0 Å². The Balaban J connectivity index is 1.17. The van der Waals surface area contributed by atoms with E-state index in [1.807, 2.05) is 0 Å². The number of hydrogen-bond acceptors (Lipinski definition) is 4. The zero-order chi connectivity index (χ0) is 35.2. The average molecular weight is 687 g/mol. The summed E-state index contributed by atoms with van der Waals surface area (Å²) >= 11 is 0. The maximum atomic E-state index is 7.06. The topological polar surface area (TPSA) is 24.9 Å². The van der Waals surface area contributed by atoms with E-state index in [0.717, 1.165) is 39.0 Å². The molecule has 4 nitrogen and oxygen atoms in total. The van der Waals surface area contributed by atoms with Crippen LogP contribution in [0.5, 0.6) is 0 Å². The van der Waals surface area contributed by atoms with Crippen molar-refractivity contribution in [3.8, 4) is 0 Å². The van der Waals surface area contributed by atoms with Crippen molar-refractivity contribution in [2.75, 3.05) is 13.2 Å². The summed E-state index contributed by atoms with van der Waals surface area (Å²) in [6.45, 7) is 4.39. The maximum absolute atomic E-state index is 7.06. The normalized spacial score (nSPS) is 17.2. The highest BCUT2D eigenvalue weighted by atomic mass is 16.6. The van der Waals surface area contributed by atoms with E-state index < -0.39 is 0 Å². The quantitative estimate of drug-likeness (QED) is 0.101. The van der Waals surface area contributed by atoms with E-state index in [1.54, 1.807) is 0 Å². The van der Waals surface area contributed by atoms with Gasteiger partial charge in [-0.2, -0.15) is 0 Å². The third kappa shape index (κ3) is 10.1. The molecule has 6 aromatic carbocycles. The predicted octanol–water partition coefficient (Wildman–Crippen LogP) is 9.40. The van der Waals surface area contributed by atoms with Gasteiger partial charge in [0.25, 0.3) is 0 Å². The molecule has 0 amide bonds. The number of hydrogen-bond donors (Lipinski definition) is 0. The van der Waals surface area contributed by atoms with Crippen molar-refractivity contribution < 1.29 is 9.47 Å². The van der Waals surface area contributed by atoms with E-state index in [1.165, 1.54) is 33.4 Å². The number of ether oxygens (including phenoxy) is 2. The Labute approximate surface area is 310 Å². The summed E-state index contributed by atoms with van der Waals surface area (Å²) in [6, 6.07) is 65.2. The molecule has 1 aliphatic heterocycles. The SMILES string of the molecule is c1ccc(C[C@@H]([C@H]2CO[C@@H]([C@H](Cc3ccccc3)N(Cc3ccccc3)Cc3ccccc3)CO2)N(Cc2ccccc2)Cc2ccccc2)cc1. The molecule has 0 bridgehead atoms. The minimum absolute atomic E-state index is 0.0852. The zero-order valence-electron chi connectivity index (χ0n) is 30.0. The second-order valence-corrected chi connectivity index (χ2v) is 14.0. The van der Waals surface area contributed by atoms with Crippen molar-refractivity contribution in [1.82, 2.24) is 9.80 Å². The van der Waals surface area contributed by atoms with Crippen molar-refractivity contribution in [3.63, 3.8) is 0 Å². The molecule has 0 radical (unpaired) electrons.